The molecule has 0 aliphatic carbocycles. The maximum Gasteiger partial charge on any atom is 0.191 e. The molecule has 0 spiro atoms. The van der Waals surface area contributed by atoms with Gasteiger partial charge in [-0.15, -0.1) is 0 Å². The first-order valence-electron chi connectivity index (χ1n) is 10.5. The second-order valence-corrected chi connectivity index (χ2v) is 7.56. The summed E-state index contributed by atoms with van der Waals surface area (Å²) < 4.78 is 18.8. The summed E-state index contributed by atoms with van der Waals surface area (Å²) in [5.41, 5.74) is 3.56. The largest absolute Gasteiger partial charge is 0.377 e. The number of benzene rings is 1. The van der Waals surface area contributed by atoms with Crippen LogP contribution in [0.1, 0.15) is 38.2 Å². The molecule has 1 aromatic rings. The lowest BCUT2D eigenvalue weighted by molar-refractivity contribution is 0.153. The molecule has 0 saturated carbocycles. The third-order valence-electron chi connectivity index (χ3n) is 5.37. The third-order valence-corrected chi connectivity index (χ3v) is 5.37. The fourth-order valence-electron chi connectivity index (χ4n) is 3.90. The quantitative estimate of drug-likeness (QED) is 0.446. The highest BCUT2D eigenvalue weighted by Crippen LogP contribution is 2.24. The van der Waals surface area contributed by atoms with E-state index < -0.39 is 0 Å². The van der Waals surface area contributed by atoms with E-state index in [0.29, 0.717) is 6.04 Å². The van der Waals surface area contributed by atoms with Crippen LogP contribution in [-0.2, 0) is 4.74 Å². The zero-order chi connectivity index (χ0) is 19.8. The molecular formula is C22H33FN4O. The molecule has 0 bridgehead atoms. The van der Waals surface area contributed by atoms with Crippen LogP contribution in [0.5, 0.6) is 0 Å². The summed E-state index contributed by atoms with van der Waals surface area (Å²) in [6, 6.07) is 5.39. The van der Waals surface area contributed by atoms with Crippen molar-refractivity contribution in [3.63, 3.8) is 0 Å². The van der Waals surface area contributed by atoms with Crippen LogP contribution in [0.25, 0.3) is 0 Å². The highest BCUT2D eigenvalue weighted by Gasteiger charge is 2.22. The van der Waals surface area contributed by atoms with Crippen LogP contribution in [0.4, 0.5) is 10.1 Å². The van der Waals surface area contributed by atoms with Gasteiger partial charge in [0.05, 0.1) is 13.2 Å². The highest BCUT2D eigenvalue weighted by molar-refractivity contribution is 5.80. The van der Waals surface area contributed by atoms with Crippen molar-refractivity contribution in [1.29, 1.82) is 0 Å². The van der Waals surface area contributed by atoms with Crippen LogP contribution >= 0.6 is 0 Å². The summed E-state index contributed by atoms with van der Waals surface area (Å²) in [7, 11) is 0. The molecule has 28 heavy (non-hydrogen) atoms. The molecule has 1 unspecified atom stereocenters. The number of aliphatic imine (C=N–C) groups is 1. The molecule has 0 amide bonds. The Morgan fingerprint density at radius 3 is 3.04 bits per heavy atom. The summed E-state index contributed by atoms with van der Waals surface area (Å²) >= 11 is 0. The minimum atomic E-state index is -0.172. The Kier molecular flexibility index (Phi) is 7.71. The number of nitrogens with zero attached hydrogens (tertiary/aromatic N) is 2. The number of hydrogen-bond donors (Lipinski definition) is 2. The number of piperidine rings is 1. The standard InChI is InChI=1S/C22H33FN4O/c1-3-24-22(25-11-8-18-9-13-28-14-10-18)26-20-5-4-12-27(16-20)21-7-6-19(23)15-17(21)2/h6-7,9,15,20H,3-5,8,10-14,16H2,1-2H3,(H2,24,25,26). The van der Waals surface area contributed by atoms with Gasteiger partial charge in [-0.2, -0.15) is 0 Å². The number of nitrogens with one attached hydrogen (secondary N) is 2. The van der Waals surface area contributed by atoms with Crippen LogP contribution in [0.15, 0.2) is 34.8 Å². The van der Waals surface area contributed by atoms with Gasteiger partial charge < -0.3 is 20.3 Å². The Bertz CT molecular complexity index is 704. The fraction of sp³-hybridized carbons (Fsp3) is 0.591. The fourth-order valence-corrected chi connectivity index (χ4v) is 3.90. The summed E-state index contributed by atoms with van der Waals surface area (Å²) in [6.45, 7) is 9.17. The maximum atomic E-state index is 13.4. The average Bonchev–Trinajstić information content (AvgIpc) is 2.69. The lowest BCUT2D eigenvalue weighted by Crippen LogP contribution is -2.51. The van der Waals surface area contributed by atoms with E-state index in [1.54, 1.807) is 12.1 Å². The first-order valence-corrected chi connectivity index (χ1v) is 10.5. The number of guanidine groups is 1. The molecular weight excluding hydrogens is 355 g/mol. The van der Waals surface area contributed by atoms with E-state index in [-0.39, 0.29) is 5.82 Å². The lowest BCUT2D eigenvalue weighted by Gasteiger charge is -2.36. The smallest absolute Gasteiger partial charge is 0.191 e. The number of rotatable bonds is 6. The predicted octanol–water partition coefficient (Wildman–Crippen LogP) is 3.39. The summed E-state index contributed by atoms with van der Waals surface area (Å²) in [6.07, 6.45) is 6.42. The minimum absolute atomic E-state index is 0.172. The monoisotopic (exact) mass is 388 g/mol. The van der Waals surface area contributed by atoms with Gasteiger partial charge in [0.2, 0.25) is 0 Å². The Hall–Kier alpha value is -2.08. The van der Waals surface area contributed by atoms with Gasteiger partial charge in [-0.25, -0.2) is 4.39 Å². The Labute approximate surface area is 168 Å². The molecule has 2 aliphatic rings. The van der Waals surface area contributed by atoms with Crippen molar-refractivity contribution in [2.24, 2.45) is 4.99 Å². The van der Waals surface area contributed by atoms with Gasteiger partial charge in [-0.1, -0.05) is 11.6 Å². The molecule has 1 saturated heterocycles. The number of halogens is 1. The molecule has 1 aromatic carbocycles. The topological polar surface area (TPSA) is 48.9 Å². The summed E-state index contributed by atoms with van der Waals surface area (Å²) in [5, 5.41) is 6.97. The van der Waals surface area contributed by atoms with Gasteiger partial charge >= 0.3 is 0 Å². The molecule has 2 N–H and O–H groups in total. The van der Waals surface area contributed by atoms with Crippen molar-refractivity contribution in [1.82, 2.24) is 10.6 Å². The molecule has 154 valence electrons. The van der Waals surface area contributed by atoms with Gasteiger partial charge in [0.1, 0.15) is 5.82 Å². The van der Waals surface area contributed by atoms with Crippen LogP contribution in [0.3, 0.4) is 0 Å². The Balaban J connectivity index is 1.57. The molecule has 0 aromatic heterocycles. The van der Waals surface area contributed by atoms with Crippen molar-refractivity contribution in [3.8, 4) is 0 Å². The Morgan fingerprint density at radius 1 is 1.39 bits per heavy atom. The molecule has 0 radical (unpaired) electrons. The van der Waals surface area contributed by atoms with Gasteiger partial charge in [0, 0.05) is 37.9 Å². The summed E-state index contributed by atoms with van der Waals surface area (Å²) in [4.78, 5) is 7.13. The van der Waals surface area contributed by atoms with Gasteiger partial charge in [-0.3, -0.25) is 4.99 Å². The van der Waals surface area contributed by atoms with E-state index >= 15 is 0 Å². The predicted molar refractivity (Wildman–Crippen MR) is 114 cm³/mol. The molecule has 1 atom stereocenters. The van der Waals surface area contributed by atoms with Crippen molar-refractivity contribution in [2.45, 2.75) is 45.6 Å². The average molecular weight is 389 g/mol. The van der Waals surface area contributed by atoms with Crippen LogP contribution in [0, 0.1) is 12.7 Å². The van der Waals surface area contributed by atoms with Crippen molar-refractivity contribution >= 4 is 11.6 Å². The lowest BCUT2D eigenvalue weighted by atomic mass is 10.0. The number of anilines is 1. The molecule has 2 heterocycles. The normalized spacial score (nSPS) is 20.7. The van der Waals surface area contributed by atoms with E-state index in [1.807, 2.05) is 13.0 Å². The zero-order valence-corrected chi connectivity index (χ0v) is 17.1. The molecule has 6 heteroatoms. The SMILES string of the molecule is CCNC(=NCCC1=CCOCC1)NC1CCCN(c2ccc(F)cc2C)C1. The molecule has 2 aliphatic heterocycles. The van der Waals surface area contributed by atoms with Gasteiger partial charge in [0.15, 0.2) is 5.96 Å². The molecule has 5 nitrogen and oxygen atoms in total. The molecule has 1 fully saturated rings. The third kappa shape index (κ3) is 5.96. The van der Waals surface area contributed by atoms with E-state index in [2.05, 4.69) is 28.5 Å². The molecule has 3 rings (SSSR count). The van der Waals surface area contributed by atoms with E-state index in [0.717, 1.165) is 82.3 Å². The zero-order valence-electron chi connectivity index (χ0n) is 17.1. The first-order chi connectivity index (χ1) is 13.7. The van der Waals surface area contributed by atoms with Gasteiger partial charge in [0.25, 0.3) is 0 Å². The van der Waals surface area contributed by atoms with Gasteiger partial charge in [-0.05, 0) is 63.3 Å². The first kappa shape index (κ1) is 20.6. The van der Waals surface area contributed by atoms with E-state index in [9.17, 15) is 4.39 Å². The van der Waals surface area contributed by atoms with Crippen molar-refractivity contribution < 1.29 is 9.13 Å². The van der Waals surface area contributed by atoms with Crippen molar-refractivity contribution in [2.75, 3.05) is 44.3 Å². The second-order valence-electron chi connectivity index (χ2n) is 7.56. The van der Waals surface area contributed by atoms with Crippen LogP contribution < -0.4 is 15.5 Å². The van der Waals surface area contributed by atoms with Crippen molar-refractivity contribution in [3.05, 3.63) is 41.2 Å². The Morgan fingerprint density at radius 2 is 2.29 bits per heavy atom. The van der Waals surface area contributed by atoms with Crippen LogP contribution in [0.2, 0.25) is 0 Å². The summed E-state index contributed by atoms with van der Waals surface area (Å²) in [5.74, 6) is 0.715. The van der Waals surface area contributed by atoms with E-state index in [1.165, 1.54) is 5.57 Å². The van der Waals surface area contributed by atoms with Crippen LogP contribution in [-0.4, -0.2) is 51.4 Å². The van der Waals surface area contributed by atoms with E-state index in [4.69, 9.17) is 9.73 Å². The second kappa shape index (κ2) is 10.5. The number of aryl methyl sites for hydroxylation is 1. The minimum Gasteiger partial charge on any atom is -0.377 e. The number of hydrogen-bond acceptors (Lipinski definition) is 3. The maximum absolute atomic E-state index is 13.4. The number of ether oxygens (including phenoxy) is 1. The highest BCUT2D eigenvalue weighted by atomic mass is 19.1.